The van der Waals surface area contributed by atoms with E-state index < -0.39 is 39.6 Å². The molecule has 7 heteroatoms. The Morgan fingerprint density at radius 1 is 1.00 bits per heavy atom. The van der Waals surface area contributed by atoms with Crippen LogP contribution in [0.3, 0.4) is 0 Å². The minimum absolute atomic E-state index is 0.125. The summed E-state index contributed by atoms with van der Waals surface area (Å²) >= 11 is 0. The summed E-state index contributed by atoms with van der Waals surface area (Å²) in [5.74, 6) is 0.637. The predicted molar refractivity (Wildman–Crippen MR) is 89.3 cm³/mol. The van der Waals surface area contributed by atoms with E-state index in [0.717, 1.165) is 0 Å². The lowest BCUT2D eigenvalue weighted by Gasteiger charge is -2.11. The Bertz CT molecular complexity index is 889. The van der Waals surface area contributed by atoms with Gasteiger partial charge in [-0.05, 0) is 29.8 Å². The van der Waals surface area contributed by atoms with Crippen LogP contribution in [0.2, 0.25) is 0 Å². The molecule has 0 saturated heterocycles. The Kier molecular flexibility index (Phi) is 3.75. The summed E-state index contributed by atoms with van der Waals surface area (Å²) in [7, 11) is -3.70. The first-order valence-corrected chi connectivity index (χ1v) is 9.49. The van der Waals surface area contributed by atoms with Crippen LogP contribution >= 0.6 is 0 Å². The molecule has 1 aliphatic carbocycles. The molecule has 4 rings (SSSR count). The molecule has 0 aromatic heterocycles. The molecule has 0 unspecified atom stereocenters. The molecule has 6 nitrogen and oxygen atoms in total. The van der Waals surface area contributed by atoms with Crippen LogP contribution in [-0.2, 0) is 9.84 Å². The highest BCUT2D eigenvalue weighted by molar-refractivity contribution is 7.92. The van der Waals surface area contributed by atoms with Crippen LogP contribution in [-0.4, -0.2) is 43.9 Å². The molecule has 132 valence electrons. The van der Waals surface area contributed by atoms with E-state index >= 15 is 0 Å². The largest absolute Gasteiger partial charge is 0.454 e. The highest BCUT2D eigenvalue weighted by atomic mass is 32.2. The minimum Gasteiger partial charge on any atom is -0.454 e. The minimum atomic E-state index is -3.70. The monoisotopic (exact) mass is 362 g/mol. The summed E-state index contributed by atoms with van der Waals surface area (Å²) in [6.45, 7) is -0.709. The van der Waals surface area contributed by atoms with Gasteiger partial charge in [0.25, 0.3) is 0 Å². The number of aliphatic hydroxyl groups is 2. The van der Waals surface area contributed by atoms with Crippen LogP contribution in [0.25, 0.3) is 0 Å². The number of aliphatic hydroxyl groups excluding tert-OH is 2. The van der Waals surface area contributed by atoms with Crippen molar-refractivity contribution < 1.29 is 28.1 Å². The van der Waals surface area contributed by atoms with Crippen LogP contribution in [0.15, 0.2) is 53.4 Å². The molecule has 1 fully saturated rings. The zero-order valence-corrected chi connectivity index (χ0v) is 14.1. The van der Waals surface area contributed by atoms with Crippen molar-refractivity contribution in [2.45, 2.75) is 16.1 Å². The van der Waals surface area contributed by atoms with Crippen molar-refractivity contribution in [2.24, 2.45) is 5.41 Å². The van der Waals surface area contributed by atoms with Crippen molar-refractivity contribution in [1.29, 1.82) is 0 Å². The first-order valence-electron chi connectivity index (χ1n) is 7.95. The third-order valence-electron chi connectivity index (χ3n) is 5.13. The van der Waals surface area contributed by atoms with E-state index in [9.17, 15) is 18.6 Å². The molecule has 25 heavy (non-hydrogen) atoms. The van der Waals surface area contributed by atoms with Gasteiger partial charge in [-0.1, -0.05) is 24.3 Å². The zero-order valence-electron chi connectivity index (χ0n) is 13.3. The quantitative estimate of drug-likeness (QED) is 0.833. The van der Waals surface area contributed by atoms with Gasteiger partial charge in [0.15, 0.2) is 21.3 Å². The van der Waals surface area contributed by atoms with Gasteiger partial charge in [0.2, 0.25) is 6.79 Å². The van der Waals surface area contributed by atoms with Crippen molar-refractivity contribution in [1.82, 2.24) is 0 Å². The number of hydrogen-bond donors (Lipinski definition) is 2. The van der Waals surface area contributed by atoms with Crippen molar-refractivity contribution in [3.05, 3.63) is 54.1 Å². The molecule has 1 saturated carbocycles. The van der Waals surface area contributed by atoms with Crippen molar-refractivity contribution in [3.8, 4) is 11.5 Å². The summed E-state index contributed by atoms with van der Waals surface area (Å²) in [5, 5.41) is 18.9. The van der Waals surface area contributed by atoms with Gasteiger partial charge >= 0.3 is 0 Å². The normalized spacial score (nSPS) is 23.4. The number of ether oxygens (including phenoxy) is 2. The maximum absolute atomic E-state index is 13.1. The van der Waals surface area contributed by atoms with Crippen molar-refractivity contribution in [3.63, 3.8) is 0 Å². The van der Waals surface area contributed by atoms with Gasteiger partial charge in [-0.2, -0.15) is 0 Å². The summed E-state index contributed by atoms with van der Waals surface area (Å²) < 4.78 is 36.8. The van der Waals surface area contributed by atoms with Gasteiger partial charge in [-0.3, -0.25) is 0 Å². The van der Waals surface area contributed by atoms with Gasteiger partial charge in [-0.15, -0.1) is 0 Å². The highest BCUT2D eigenvalue weighted by Gasteiger charge is 2.70. The molecule has 2 aromatic rings. The van der Waals surface area contributed by atoms with Gasteiger partial charge in [0, 0.05) is 11.3 Å². The van der Waals surface area contributed by atoms with Gasteiger partial charge in [0.05, 0.1) is 23.4 Å². The first-order chi connectivity index (χ1) is 12.0. The van der Waals surface area contributed by atoms with E-state index in [4.69, 9.17) is 9.47 Å². The smallest absolute Gasteiger partial charge is 0.231 e. The van der Waals surface area contributed by atoms with Crippen LogP contribution in [0, 0.1) is 5.41 Å². The third-order valence-corrected chi connectivity index (χ3v) is 7.47. The van der Waals surface area contributed by atoms with Crippen LogP contribution in [0.1, 0.15) is 11.5 Å². The molecule has 2 aliphatic rings. The Morgan fingerprint density at radius 2 is 1.68 bits per heavy atom. The topological polar surface area (TPSA) is 93.1 Å². The van der Waals surface area contributed by atoms with E-state index in [0.29, 0.717) is 17.1 Å². The summed E-state index contributed by atoms with van der Waals surface area (Å²) in [5.41, 5.74) is -0.403. The lowest BCUT2D eigenvalue weighted by Crippen LogP contribution is -2.22. The van der Waals surface area contributed by atoms with E-state index in [1.165, 1.54) is 12.1 Å². The number of hydrogen-bond acceptors (Lipinski definition) is 6. The second-order valence-electron chi connectivity index (χ2n) is 6.42. The molecule has 0 radical (unpaired) electrons. The molecule has 1 aliphatic heterocycles. The van der Waals surface area contributed by atoms with Gasteiger partial charge in [-0.25, -0.2) is 8.42 Å². The predicted octanol–water partition coefficient (Wildman–Crippen LogP) is 1.33. The lowest BCUT2D eigenvalue weighted by atomic mass is 10.0. The Hall–Kier alpha value is -2.09. The van der Waals surface area contributed by atoms with Gasteiger partial charge in [0.1, 0.15) is 0 Å². The Balaban J connectivity index is 1.77. The maximum atomic E-state index is 13.1. The fourth-order valence-corrected chi connectivity index (χ4v) is 6.19. The molecule has 2 aromatic carbocycles. The summed E-state index contributed by atoms with van der Waals surface area (Å²) in [6, 6.07) is 13.3. The molecular weight excluding hydrogens is 344 g/mol. The summed E-state index contributed by atoms with van der Waals surface area (Å²) in [4.78, 5) is 0.189. The lowest BCUT2D eigenvalue weighted by molar-refractivity contribution is 0.130. The molecule has 0 spiro atoms. The molecule has 0 amide bonds. The number of rotatable bonds is 5. The maximum Gasteiger partial charge on any atom is 0.231 e. The van der Waals surface area contributed by atoms with E-state index in [2.05, 4.69) is 0 Å². The zero-order chi connectivity index (χ0) is 17.7. The second kappa shape index (κ2) is 5.72. The number of benzene rings is 2. The van der Waals surface area contributed by atoms with Crippen LogP contribution in [0.5, 0.6) is 11.5 Å². The molecule has 2 atom stereocenters. The first kappa shape index (κ1) is 16.4. The van der Waals surface area contributed by atoms with Crippen LogP contribution < -0.4 is 9.47 Å². The molecular formula is C18H18O6S. The standard InChI is InChI=1S/C18H18O6S/c19-9-18(10-20)16(12-6-7-14-15(8-12)24-11-23-14)17(18)25(21,22)13-4-2-1-3-5-13/h1-8,16-17,19-20H,9-11H2/t16-,17-/m0/s1. The van der Waals surface area contributed by atoms with Crippen LogP contribution in [0.4, 0.5) is 0 Å². The number of fused-ring (bicyclic) bond motifs is 1. The second-order valence-corrected chi connectivity index (χ2v) is 8.49. The van der Waals surface area contributed by atoms with Crippen molar-refractivity contribution in [2.75, 3.05) is 20.0 Å². The van der Waals surface area contributed by atoms with Crippen molar-refractivity contribution >= 4 is 9.84 Å². The molecule has 2 N–H and O–H groups in total. The fraction of sp³-hybridized carbons (Fsp3) is 0.333. The Morgan fingerprint density at radius 3 is 2.36 bits per heavy atom. The average molecular weight is 362 g/mol. The number of sulfone groups is 1. The fourth-order valence-electron chi connectivity index (χ4n) is 3.74. The van der Waals surface area contributed by atoms with E-state index in [1.54, 1.807) is 36.4 Å². The highest BCUT2D eigenvalue weighted by Crippen LogP contribution is 2.64. The van der Waals surface area contributed by atoms with E-state index in [-0.39, 0.29) is 11.7 Å². The third kappa shape index (κ3) is 2.34. The van der Waals surface area contributed by atoms with E-state index in [1.807, 2.05) is 0 Å². The SMILES string of the molecule is O=S(=O)(c1ccccc1)[C@H]1[C@H](c2ccc3c(c2)OCO3)C1(CO)CO. The molecule has 0 bridgehead atoms. The molecule has 1 heterocycles. The Labute approximate surface area is 145 Å². The average Bonchev–Trinajstić information content (AvgIpc) is 3.12. The van der Waals surface area contributed by atoms with Gasteiger partial charge < -0.3 is 19.7 Å². The summed E-state index contributed by atoms with van der Waals surface area (Å²) in [6.07, 6.45) is 0.